The van der Waals surface area contributed by atoms with Crippen molar-refractivity contribution in [1.82, 2.24) is 5.32 Å². The van der Waals surface area contributed by atoms with Crippen LogP contribution in [0.25, 0.3) is 0 Å². The van der Waals surface area contributed by atoms with Crippen molar-refractivity contribution < 1.29 is 9.47 Å². The van der Waals surface area contributed by atoms with Crippen molar-refractivity contribution in [1.29, 1.82) is 0 Å². The van der Waals surface area contributed by atoms with Crippen molar-refractivity contribution >= 4 is 12.4 Å². The predicted molar refractivity (Wildman–Crippen MR) is 116 cm³/mol. The van der Waals surface area contributed by atoms with Crippen LogP contribution in [-0.4, -0.2) is 13.7 Å². The Hall–Kier alpha value is -1.71. The molecule has 1 N–H and O–H groups in total. The van der Waals surface area contributed by atoms with Crippen molar-refractivity contribution in [2.75, 3.05) is 13.7 Å². The maximum absolute atomic E-state index is 6.13. The predicted octanol–water partition coefficient (Wildman–Crippen LogP) is 6.06. The number of para-hydroxylation sites is 1. The zero-order valence-corrected chi connectivity index (χ0v) is 17.7. The Balaban J connectivity index is 0.00000364. The van der Waals surface area contributed by atoms with Crippen LogP contribution < -0.4 is 14.8 Å². The van der Waals surface area contributed by atoms with E-state index in [4.69, 9.17) is 9.47 Å². The van der Waals surface area contributed by atoms with Gasteiger partial charge in [-0.05, 0) is 31.5 Å². The standard InChI is InChI=1S/C23H33NO2.ClH/c1-4-5-6-7-8-16-24-17-21-10-9-11-22(25-3)23(21)26-18-20-14-12-19(2)13-15-20;/h9-15,24H,4-8,16-18H2,1-3H3;1H. The molecule has 2 aromatic carbocycles. The van der Waals surface area contributed by atoms with Gasteiger partial charge < -0.3 is 14.8 Å². The molecule has 0 radical (unpaired) electrons. The molecule has 0 aromatic heterocycles. The van der Waals surface area contributed by atoms with Gasteiger partial charge in [0.15, 0.2) is 11.5 Å². The van der Waals surface area contributed by atoms with Crippen LogP contribution in [0.3, 0.4) is 0 Å². The Morgan fingerprint density at radius 1 is 0.926 bits per heavy atom. The summed E-state index contributed by atoms with van der Waals surface area (Å²) in [5.74, 6) is 1.63. The van der Waals surface area contributed by atoms with Crippen LogP contribution >= 0.6 is 12.4 Å². The van der Waals surface area contributed by atoms with Crippen molar-refractivity contribution in [2.24, 2.45) is 0 Å². The lowest BCUT2D eigenvalue weighted by Crippen LogP contribution is -2.15. The molecular formula is C23H34ClNO2. The van der Waals surface area contributed by atoms with Gasteiger partial charge in [0.25, 0.3) is 0 Å². The van der Waals surface area contributed by atoms with Crippen LogP contribution in [0.2, 0.25) is 0 Å². The molecule has 150 valence electrons. The molecule has 2 rings (SSSR count). The fraction of sp³-hybridized carbons (Fsp3) is 0.478. The maximum Gasteiger partial charge on any atom is 0.166 e. The van der Waals surface area contributed by atoms with Crippen LogP contribution in [0.15, 0.2) is 42.5 Å². The average molecular weight is 392 g/mol. The topological polar surface area (TPSA) is 30.5 Å². The number of hydrogen-bond donors (Lipinski definition) is 1. The summed E-state index contributed by atoms with van der Waals surface area (Å²) in [7, 11) is 1.69. The number of hydrogen-bond acceptors (Lipinski definition) is 3. The first-order valence-electron chi connectivity index (χ1n) is 9.79. The van der Waals surface area contributed by atoms with Crippen molar-refractivity contribution in [3.63, 3.8) is 0 Å². The monoisotopic (exact) mass is 391 g/mol. The third-order valence-electron chi connectivity index (χ3n) is 4.56. The summed E-state index contributed by atoms with van der Waals surface area (Å²) in [5, 5.41) is 3.54. The van der Waals surface area contributed by atoms with E-state index in [-0.39, 0.29) is 12.4 Å². The second kappa shape index (κ2) is 13.5. The van der Waals surface area contributed by atoms with Crippen LogP contribution in [-0.2, 0) is 13.2 Å². The fourth-order valence-corrected chi connectivity index (χ4v) is 2.94. The second-order valence-corrected chi connectivity index (χ2v) is 6.81. The zero-order valence-electron chi connectivity index (χ0n) is 16.9. The van der Waals surface area contributed by atoms with Crippen molar-refractivity contribution in [3.8, 4) is 11.5 Å². The lowest BCUT2D eigenvalue weighted by atomic mass is 10.1. The van der Waals surface area contributed by atoms with E-state index in [0.29, 0.717) is 6.61 Å². The Bertz CT molecular complexity index is 643. The third-order valence-corrected chi connectivity index (χ3v) is 4.56. The highest BCUT2D eigenvalue weighted by molar-refractivity contribution is 5.85. The number of nitrogens with one attached hydrogen (secondary N) is 1. The van der Waals surface area contributed by atoms with Crippen LogP contribution in [0, 0.1) is 6.92 Å². The van der Waals surface area contributed by atoms with Crippen LogP contribution in [0.5, 0.6) is 11.5 Å². The molecule has 0 fully saturated rings. The zero-order chi connectivity index (χ0) is 18.6. The molecule has 0 saturated carbocycles. The molecule has 27 heavy (non-hydrogen) atoms. The van der Waals surface area contributed by atoms with E-state index in [1.807, 2.05) is 12.1 Å². The van der Waals surface area contributed by atoms with E-state index < -0.39 is 0 Å². The fourth-order valence-electron chi connectivity index (χ4n) is 2.94. The first-order chi connectivity index (χ1) is 12.7. The van der Waals surface area contributed by atoms with Crippen LogP contribution in [0.4, 0.5) is 0 Å². The molecule has 4 heteroatoms. The van der Waals surface area contributed by atoms with Crippen molar-refractivity contribution in [2.45, 2.75) is 59.1 Å². The highest BCUT2D eigenvalue weighted by Crippen LogP contribution is 2.31. The van der Waals surface area contributed by atoms with E-state index >= 15 is 0 Å². The number of rotatable bonds is 12. The molecule has 0 bridgehead atoms. The molecule has 0 atom stereocenters. The van der Waals surface area contributed by atoms with E-state index in [0.717, 1.165) is 35.7 Å². The summed E-state index contributed by atoms with van der Waals surface area (Å²) in [5.41, 5.74) is 3.57. The Labute approximate surface area is 170 Å². The smallest absolute Gasteiger partial charge is 0.166 e. The number of benzene rings is 2. The van der Waals surface area contributed by atoms with Gasteiger partial charge in [-0.1, -0.05) is 74.6 Å². The van der Waals surface area contributed by atoms with E-state index in [2.05, 4.69) is 49.5 Å². The molecule has 0 unspecified atom stereocenters. The van der Waals surface area contributed by atoms with Gasteiger partial charge in [0.2, 0.25) is 0 Å². The SMILES string of the molecule is CCCCCCCNCc1cccc(OC)c1OCc1ccc(C)cc1.Cl. The van der Waals surface area contributed by atoms with Gasteiger partial charge >= 0.3 is 0 Å². The highest BCUT2D eigenvalue weighted by Gasteiger charge is 2.10. The number of ether oxygens (including phenoxy) is 2. The summed E-state index contributed by atoms with van der Waals surface area (Å²) in [6.07, 6.45) is 6.49. The van der Waals surface area contributed by atoms with E-state index in [9.17, 15) is 0 Å². The van der Waals surface area contributed by atoms with Gasteiger partial charge in [0.1, 0.15) is 6.61 Å². The summed E-state index contributed by atoms with van der Waals surface area (Å²) in [6.45, 7) is 6.73. The first kappa shape index (κ1) is 23.3. The number of unbranched alkanes of at least 4 members (excludes halogenated alkanes) is 4. The molecule has 0 aliphatic heterocycles. The van der Waals surface area contributed by atoms with Crippen molar-refractivity contribution in [3.05, 3.63) is 59.2 Å². The lowest BCUT2D eigenvalue weighted by Gasteiger charge is -2.16. The second-order valence-electron chi connectivity index (χ2n) is 6.81. The minimum absolute atomic E-state index is 0. The minimum atomic E-state index is 0. The van der Waals surface area contributed by atoms with E-state index in [1.54, 1.807) is 7.11 Å². The summed E-state index contributed by atoms with van der Waals surface area (Å²) in [4.78, 5) is 0. The first-order valence-corrected chi connectivity index (χ1v) is 9.79. The number of methoxy groups -OCH3 is 1. The molecule has 0 amide bonds. The summed E-state index contributed by atoms with van der Waals surface area (Å²) >= 11 is 0. The van der Waals surface area contributed by atoms with Gasteiger partial charge in [-0.25, -0.2) is 0 Å². The molecule has 0 aliphatic rings. The molecule has 0 heterocycles. The highest BCUT2D eigenvalue weighted by atomic mass is 35.5. The quantitative estimate of drug-likeness (QED) is 0.446. The average Bonchev–Trinajstić information content (AvgIpc) is 2.67. The van der Waals surface area contributed by atoms with E-state index in [1.165, 1.54) is 37.7 Å². The Morgan fingerprint density at radius 2 is 1.67 bits per heavy atom. The number of aryl methyl sites for hydroxylation is 1. The largest absolute Gasteiger partial charge is 0.493 e. The molecule has 0 spiro atoms. The maximum atomic E-state index is 6.13. The molecule has 2 aromatic rings. The van der Waals surface area contributed by atoms with Gasteiger partial charge in [0.05, 0.1) is 7.11 Å². The number of halogens is 1. The normalized spacial score (nSPS) is 10.3. The van der Waals surface area contributed by atoms with Gasteiger partial charge in [0, 0.05) is 12.1 Å². The molecule has 3 nitrogen and oxygen atoms in total. The summed E-state index contributed by atoms with van der Waals surface area (Å²) < 4.78 is 11.6. The summed E-state index contributed by atoms with van der Waals surface area (Å²) in [6, 6.07) is 14.5. The van der Waals surface area contributed by atoms with Gasteiger partial charge in [-0.15, -0.1) is 12.4 Å². The minimum Gasteiger partial charge on any atom is -0.493 e. The van der Waals surface area contributed by atoms with Crippen LogP contribution in [0.1, 0.15) is 55.7 Å². The Kier molecular flexibility index (Phi) is 11.6. The Morgan fingerprint density at radius 3 is 2.37 bits per heavy atom. The molecule has 0 saturated heterocycles. The third kappa shape index (κ3) is 8.23. The van der Waals surface area contributed by atoms with Gasteiger partial charge in [-0.2, -0.15) is 0 Å². The lowest BCUT2D eigenvalue weighted by molar-refractivity contribution is 0.280. The molecule has 0 aliphatic carbocycles. The molecular weight excluding hydrogens is 358 g/mol. The van der Waals surface area contributed by atoms with Gasteiger partial charge in [-0.3, -0.25) is 0 Å².